The van der Waals surface area contributed by atoms with Crippen molar-refractivity contribution in [3.05, 3.63) is 59.8 Å². The predicted molar refractivity (Wildman–Crippen MR) is 103 cm³/mol. The van der Waals surface area contributed by atoms with Gasteiger partial charge in [-0.2, -0.15) is 5.10 Å². The summed E-state index contributed by atoms with van der Waals surface area (Å²) in [6.45, 7) is 1.41. The minimum Gasteiger partial charge on any atom is -0.355 e. The van der Waals surface area contributed by atoms with E-state index in [1.54, 1.807) is 36.4 Å². The monoisotopic (exact) mass is 378 g/mol. The smallest absolute Gasteiger partial charge is 0.256 e. The van der Waals surface area contributed by atoms with E-state index in [0.717, 1.165) is 24.1 Å². The highest BCUT2D eigenvalue weighted by Gasteiger charge is 2.26. The molecule has 0 unspecified atom stereocenters. The Balaban J connectivity index is 1.46. The van der Waals surface area contributed by atoms with Gasteiger partial charge in [0.1, 0.15) is 5.56 Å². The molecule has 0 radical (unpaired) electrons. The summed E-state index contributed by atoms with van der Waals surface area (Å²) in [6.07, 6.45) is 8.81. The van der Waals surface area contributed by atoms with Gasteiger partial charge < -0.3 is 10.2 Å². The first-order valence-electron chi connectivity index (χ1n) is 9.38. The zero-order valence-electron chi connectivity index (χ0n) is 15.7. The van der Waals surface area contributed by atoms with E-state index in [4.69, 9.17) is 0 Å². The minimum atomic E-state index is -0.199. The summed E-state index contributed by atoms with van der Waals surface area (Å²) in [4.78, 5) is 34.9. The number of hydrogen-bond acceptors (Lipinski definition) is 5. The molecule has 28 heavy (non-hydrogen) atoms. The van der Waals surface area contributed by atoms with Crippen molar-refractivity contribution >= 4 is 17.5 Å². The average Bonchev–Trinajstić information content (AvgIpc) is 3.18. The Morgan fingerprint density at radius 2 is 2.00 bits per heavy atom. The molecular weight excluding hydrogens is 356 g/mol. The molecule has 3 aromatic heterocycles. The first kappa shape index (κ1) is 18.1. The maximum Gasteiger partial charge on any atom is 0.256 e. The molecule has 1 aliphatic rings. The van der Waals surface area contributed by atoms with E-state index in [-0.39, 0.29) is 17.7 Å². The van der Waals surface area contributed by atoms with E-state index < -0.39 is 0 Å². The molecule has 4 heterocycles. The summed E-state index contributed by atoms with van der Waals surface area (Å²) in [5.74, 6) is 0.202. The molecule has 144 valence electrons. The lowest BCUT2D eigenvalue weighted by atomic mass is 9.93. The van der Waals surface area contributed by atoms with Crippen molar-refractivity contribution in [1.82, 2.24) is 29.8 Å². The maximum absolute atomic E-state index is 12.6. The van der Waals surface area contributed by atoms with Gasteiger partial charge in [0.15, 0.2) is 5.65 Å². The van der Waals surface area contributed by atoms with E-state index in [1.165, 1.54) is 0 Å². The number of carbonyl (C=O) groups is 2. The predicted octanol–water partition coefficient (Wildman–Crippen LogP) is 1.43. The number of fused-ring (bicyclic) bond motifs is 1. The number of nitrogens with zero attached hydrogens (tertiary/aromatic N) is 5. The van der Waals surface area contributed by atoms with Gasteiger partial charge in [-0.05, 0) is 30.5 Å². The Hall–Kier alpha value is -3.29. The van der Waals surface area contributed by atoms with Crippen LogP contribution in [-0.2, 0) is 11.2 Å². The number of likely N-dealkylation sites (tertiary alicyclic amines) is 1. The fourth-order valence-corrected chi connectivity index (χ4v) is 3.73. The lowest BCUT2D eigenvalue weighted by Gasteiger charge is -2.32. The first-order chi connectivity index (χ1) is 13.7. The number of rotatable bonds is 4. The molecule has 8 heteroatoms. The third-order valence-corrected chi connectivity index (χ3v) is 5.25. The number of nitrogens with one attached hydrogen (secondary N) is 1. The number of piperidine rings is 1. The number of aromatic nitrogens is 4. The molecule has 4 rings (SSSR count). The second-order valence-electron chi connectivity index (χ2n) is 6.94. The summed E-state index contributed by atoms with van der Waals surface area (Å²) in [6, 6.07) is 5.72. The van der Waals surface area contributed by atoms with Crippen molar-refractivity contribution in [3.63, 3.8) is 0 Å². The van der Waals surface area contributed by atoms with E-state index in [0.29, 0.717) is 30.7 Å². The molecular formula is C20H22N6O2. The van der Waals surface area contributed by atoms with Crippen LogP contribution < -0.4 is 5.32 Å². The molecule has 0 aliphatic carbocycles. The molecule has 1 saturated heterocycles. The Bertz CT molecular complexity index is 992. The van der Waals surface area contributed by atoms with E-state index >= 15 is 0 Å². The number of amides is 2. The second kappa shape index (κ2) is 7.75. The number of pyridine rings is 1. The van der Waals surface area contributed by atoms with Crippen LogP contribution in [0.2, 0.25) is 0 Å². The summed E-state index contributed by atoms with van der Waals surface area (Å²) in [5, 5.41) is 6.99. The molecule has 2 amide bonds. The van der Waals surface area contributed by atoms with Crippen LogP contribution in [-0.4, -0.2) is 56.4 Å². The molecule has 3 aromatic rings. The summed E-state index contributed by atoms with van der Waals surface area (Å²) in [7, 11) is 1.59. The summed E-state index contributed by atoms with van der Waals surface area (Å²) in [5.41, 5.74) is 2.99. The van der Waals surface area contributed by atoms with Crippen molar-refractivity contribution in [2.24, 2.45) is 0 Å². The number of carbonyl (C=O) groups excluding carboxylic acids is 2. The molecule has 0 aromatic carbocycles. The van der Waals surface area contributed by atoms with Crippen LogP contribution in [0.25, 0.3) is 5.65 Å². The van der Waals surface area contributed by atoms with Gasteiger partial charge in [-0.3, -0.25) is 14.6 Å². The summed E-state index contributed by atoms with van der Waals surface area (Å²) < 4.78 is 1.75. The minimum absolute atomic E-state index is 0.132. The van der Waals surface area contributed by atoms with Crippen molar-refractivity contribution in [1.29, 1.82) is 0 Å². The Labute approximate surface area is 162 Å². The highest BCUT2D eigenvalue weighted by atomic mass is 16.2. The fourth-order valence-electron chi connectivity index (χ4n) is 3.73. The van der Waals surface area contributed by atoms with Crippen LogP contribution in [0.15, 0.2) is 43.0 Å². The van der Waals surface area contributed by atoms with Crippen LogP contribution in [0.4, 0.5) is 0 Å². The largest absolute Gasteiger partial charge is 0.355 e. The van der Waals surface area contributed by atoms with Crippen LogP contribution in [0.3, 0.4) is 0 Å². The topological polar surface area (TPSA) is 92.5 Å². The molecule has 0 saturated carbocycles. The highest BCUT2D eigenvalue weighted by Crippen LogP contribution is 2.28. The molecule has 1 N–H and O–H groups in total. The Morgan fingerprint density at radius 1 is 1.18 bits per heavy atom. The van der Waals surface area contributed by atoms with Gasteiger partial charge in [0.25, 0.3) is 5.91 Å². The van der Waals surface area contributed by atoms with Crippen LogP contribution in [0.1, 0.15) is 40.4 Å². The van der Waals surface area contributed by atoms with Gasteiger partial charge >= 0.3 is 0 Å². The van der Waals surface area contributed by atoms with Crippen molar-refractivity contribution < 1.29 is 9.59 Å². The van der Waals surface area contributed by atoms with Gasteiger partial charge in [-0.15, -0.1) is 0 Å². The molecule has 1 fully saturated rings. The Kier molecular flexibility index (Phi) is 5.01. The van der Waals surface area contributed by atoms with E-state index in [2.05, 4.69) is 20.4 Å². The zero-order valence-corrected chi connectivity index (χ0v) is 15.7. The summed E-state index contributed by atoms with van der Waals surface area (Å²) >= 11 is 0. The molecule has 0 atom stereocenters. The van der Waals surface area contributed by atoms with E-state index in [9.17, 15) is 9.59 Å². The number of hydrogen-bond donors (Lipinski definition) is 1. The van der Waals surface area contributed by atoms with Crippen molar-refractivity contribution in [2.45, 2.75) is 25.2 Å². The van der Waals surface area contributed by atoms with Crippen LogP contribution in [0, 0.1) is 0 Å². The molecule has 8 nitrogen and oxygen atoms in total. The first-order valence-corrected chi connectivity index (χ1v) is 9.38. The Morgan fingerprint density at radius 3 is 2.71 bits per heavy atom. The lowest BCUT2D eigenvalue weighted by Crippen LogP contribution is -2.39. The maximum atomic E-state index is 12.6. The van der Waals surface area contributed by atoms with Gasteiger partial charge in [-0.1, -0.05) is 6.07 Å². The van der Waals surface area contributed by atoms with E-state index in [1.807, 2.05) is 23.1 Å². The third kappa shape index (κ3) is 3.45. The normalized spacial score (nSPS) is 15.0. The SMILES string of the molecule is CNC(=O)c1cnn2c(C3CCN(C(=O)Cc4cccnc4)CC3)ccnc12. The van der Waals surface area contributed by atoms with Crippen LogP contribution in [0.5, 0.6) is 0 Å². The highest BCUT2D eigenvalue weighted by molar-refractivity contribution is 5.99. The quantitative estimate of drug-likeness (QED) is 0.741. The van der Waals surface area contributed by atoms with Crippen molar-refractivity contribution in [2.75, 3.05) is 20.1 Å². The van der Waals surface area contributed by atoms with Gasteiger partial charge in [0.2, 0.25) is 5.91 Å². The van der Waals surface area contributed by atoms with Crippen molar-refractivity contribution in [3.8, 4) is 0 Å². The van der Waals surface area contributed by atoms with Gasteiger partial charge in [0, 0.05) is 50.3 Å². The third-order valence-electron chi connectivity index (χ3n) is 5.25. The standard InChI is InChI=1S/C20H22N6O2/c1-21-20(28)16-13-24-26-17(4-8-23-19(16)26)15-5-9-25(10-6-15)18(27)11-14-3-2-7-22-12-14/h2-4,7-8,12-13,15H,5-6,9-11H2,1H3,(H,21,28). The molecule has 1 aliphatic heterocycles. The van der Waals surface area contributed by atoms with Gasteiger partial charge in [-0.25, -0.2) is 9.50 Å². The lowest BCUT2D eigenvalue weighted by molar-refractivity contribution is -0.131. The fraction of sp³-hybridized carbons (Fsp3) is 0.350. The second-order valence-corrected chi connectivity index (χ2v) is 6.94. The van der Waals surface area contributed by atoms with Gasteiger partial charge in [0.05, 0.1) is 12.6 Å². The van der Waals surface area contributed by atoms with Crippen LogP contribution >= 0.6 is 0 Å². The molecule has 0 spiro atoms. The zero-order chi connectivity index (χ0) is 19.5. The molecule has 0 bridgehead atoms. The average molecular weight is 378 g/mol.